The van der Waals surface area contributed by atoms with Gasteiger partial charge in [0, 0.05) is 12.8 Å². The molecule has 0 aliphatic heterocycles. The summed E-state index contributed by atoms with van der Waals surface area (Å²) >= 11 is 0. The smallest absolute Gasteiger partial charge is 0.306 e. The van der Waals surface area contributed by atoms with E-state index in [-0.39, 0.29) is 18.5 Å². The number of hydrogen-bond donors (Lipinski definition) is 1. The Balaban J connectivity index is 3.99. The summed E-state index contributed by atoms with van der Waals surface area (Å²) in [5.74, 6) is -0.743. The lowest BCUT2D eigenvalue weighted by molar-refractivity contribution is -0.150. The number of allylic oxidation sites excluding steroid dienone is 8. The van der Waals surface area contributed by atoms with Crippen molar-refractivity contribution in [2.24, 2.45) is 0 Å². The lowest BCUT2D eigenvalue weighted by Crippen LogP contribution is -2.18. The number of aliphatic carboxylic acids is 1. The van der Waals surface area contributed by atoms with Crippen molar-refractivity contribution in [1.29, 1.82) is 0 Å². The van der Waals surface area contributed by atoms with E-state index in [9.17, 15) is 9.59 Å². The van der Waals surface area contributed by atoms with E-state index in [4.69, 9.17) is 9.84 Å². The van der Waals surface area contributed by atoms with Crippen LogP contribution in [0.25, 0.3) is 0 Å². The molecule has 0 rings (SSSR count). The summed E-state index contributed by atoms with van der Waals surface area (Å²) in [6.45, 7) is 4.45. The summed E-state index contributed by atoms with van der Waals surface area (Å²) in [6, 6.07) is 0. The monoisotopic (exact) mass is 727 g/mol. The SMILES string of the molecule is CC/C=C\C/C=C\C/C=C\C/C=C\CCC(CCCCCCCC(=O)O)OC(=O)CCCCCCCCCCCCCCCCCCCCCCC. The van der Waals surface area contributed by atoms with E-state index in [0.29, 0.717) is 6.42 Å². The first-order valence-electron chi connectivity index (χ1n) is 22.6. The van der Waals surface area contributed by atoms with Gasteiger partial charge in [-0.25, -0.2) is 0 Å². The molecule has 0 spiro atoms. The summed E-state index contributed by atoms with van der Waals surface area (Å²) in [5, 5.41) is 8.84. The Morgan fingerprint density at radius 3 is 1.23 bits per heavy atom. The zero-order valence-corrected chi connectivity index (χ0v) is 34.6. The maximum absolute atomic E-state index is 12.7. The molecule has 0 aromatic rings. The van der Waals surface area contributed by atoms with Crippen LogP contribution in [0.3, 0.4) is 0 Å². The predicted molar refractivity (Wildman–Crippen MR) is 227 cm³/mol. The molecular formula is C48H86O4. The van der Waals surface area contributed by atoms with E-state index in [1.54, 1.807) is 0 Å². The van der Waals surface area contributed by atoms with Gasteiger partial charge < -0.3 is 9.84 Å². The molecule has 0 fully saturated rings. The fourth-order valence-electron chi connectivity index (χ4n) is 6.77. The molecular weight excluding hydrogens is 641 g/mol. The average Bonchev–Trinajstić information content (AvgIpc) is 3.13. The minimum Gasteiger partial charge on any atom is -0.481 e. The van der Waals surface area contributed by atoms with Gasteiger partial charge in [0.2, 0.25) is 0 Å². The molecule has 302 valence electrons. The molecule has 52 heavy (non-hydrogen) atoms. The second kappa shape index (κ2) is 43.3. The van der Waals surface area contributed by atoms with Gasteiger partial charge in [-0.05, 0) is 64.2 Å². The Labute approximate surface area is 323 Å². The van der Waals surface area contributed by atoms with Gasteiger partial charge in [0.15, 0.2) is 0 Å². The number of unbranched alkanes of at least 4 members (excludes halogenated alkanes) is 24. The molecule has 4 heteroatoms. The second-order valence-electron chi connectivity index (χ2n) is 15.2. The molecule has 0 heterocycles. The molecule has 0 aromatic carbocycles. The molecule has 1 unspecified atom stereocenters. The summed E-state index contributed by atoms with van der Waals surface area (Å²) in [6.07, 6.45) is 58.7. The molecule has 0 radical (unpaired) electrons. The fraction of sp³-hybridized carbons (Fsp3) is 0.792. The fourth-order valence-corrected chi connectivity index (χ4v) is 6.77. The third-order valence-corrected chi connectivity index (χ3v) is 10.1. The van der Waals surface area contributed by atoms with E-state index in [1.165, 1.54) is 122 Å². The summed E-state index contributed by atoms with van der Waals surface area (Å²) in [7, 11) is 0. The first-order valence-corrected chi connectivity index (χ1v) is 22.6. The van der Waals surface area contributed by atoms with Crippen LogP contribution in [-0.2, 0) is 14.3 Å². The second-order valence-corrected chi connectivity index (χ2v) is 15.2. The summed E-state index contributed by atoms with van der Waals surface area (Å²) < 4.78 is 5.98. The number of hydrogen-bond acceptors (Lipinski definition) is 3. The third-order valence-electron chi connectivity index (χ3n) is 10.1. The zero-order chi connectivity index (χ0) is 37.8. The zero-order valence-electron chi connectivity index (χ0n) is 34.6. The third kappa shape index (κ3) is 42.3. The molecule has 0 amide bonds. The minimum absolute atomic E-state index is 0.0199. The van der Waals surface area contributed by atoms with Crippen LogP contribution in [0.5, 0.6) is 0 Å². The van der Waals surface area contributed by atoms with Gasteiger partial charge in [0.1, 0.15) is 6.10 Å². The summed E-state index contributed by atoms with van der Waals surface area (Å²) in [4.78, 5) is 23.5. The Bertz CT molecular complexity index is 870. The van der Waals surface area contributed by atoms with Crippen molar-refractivity contribution in [3.63, 3.8) is 0 Å². The highest BCUT2D eigenvalue weighted by atomic mass is 16.5. The molecule has 0 saturated carbocycles. The molecule has 0 aliphatic rings. The molecule has 0 bridgehead atoms. The van der Waals surface area contributed by atoms with E-state index in [1.807, 2.05) is 0 Å². The predicted octanol–water partition coefficient (Wildman–Crippen LogP) is 15.9. The number of esters is 1. The topological polar surface area (TPSA) is 63.6 Å². The van der Waals surface area contributed by atoms with E-state index >= 15 is 0 Å². The van der Waals surface area contributed by atoms with Crippen LogP contribution in [0.4, 0.5) is 0 Å². The van der Waals surface area contributed by atoms with Crippen LogP contribution in [0, 0.1) is 0 Å². The van der Waals surface area contributed by atoms with Crippen LogP contribution in [-0.4, -0.2) is 23.1 Å². The van der Waals surface area contributed by atoms with Crippen molar-refractivity contribution in [2.75, 3.05) is 0 Å². The molecule has 4 nitrogen and oxygen atoms in total. The van der Waals surface area contributed by atoms with Gasteiger partial charge in [-0.1, -0.05) is 210 Å². The first kappa shape index (κ1) is 49.9. The van der Waals surface area contributed by atoms with Gasteiger partial charge >= 0.3 is 11.9 Å². The lowest BCUT2D eigenvalue weighted by Gasteiger charge is -2.17. The van der Waals surface area contributed by atoms with Gasteiger partial charge in [-0.3, -0.25) is 9.59 Å². The minimum atomic E-state index is -0.710. The maximum atomic E-state index is 12.7. The number of carbonyl (C=O) groups is 2. The van der Waals surface area contributed by atoms with Crippen LogP contribution in [0.1, 0.15) is 239 Å². The van der Waals surface area contributed by atoms with Crippen LogP contribution >= 0.6 is 0 Å². The largest absolute Gasteiger partial charge is 0.481 e. The Morgan fingerprint density at radius 1 is 0.442 bits per heavy atom. The van der Waals surface area contributed by atoms with Crippen LogP contribution in [0.2, 0.25) is 0 Å². The van der Waals surface area contributed by atoms with Crippen molar-refractivity contribution in [3.8, 4) is 0 Å². The molecule has 0 saturated heterocycles. The molecule has 1 N–H and O–H groups in total. The number of rotatable bonds is 41. The molecule has 1 atom stereocenters. The standard InChI is InChI=1S/C48H86O4/c1-3-5-7-9-11-13-15-17-18-19-20-21-22-23-24-26-28-30-32-37-41-45-48(51)52-46(43-39-35-33-36-40-44-47(49)50)42-38-34-31-29-27-25-16-14-12-10-8-6-4-2/h6,8,12,14,25,27,31,34,46H,3-5,7,9-11,13,15-24,26,28-30,32-33,35-45H2,1-2H3,(H,49,50)/b8-6-,14-12-,27-25-,34-31-. The van der Waals surface area contributed by atoms with Crippen molar-refractivity contribution in [3.05, 3.63) is 48.6 Å². The number of carboxylic acids is 1. The Hall–Kier alpha value is -2.10. The van der Waals surface area contributed by atoms with Crippen LogP contribution in [0.15, 0.2) is 48.6 Å². The summed E-state index contributed by atoms with van der Waals surface area (Å²) in [5.41, 5.74) is 0. The van der Waals surface area contributed by atoms with Crippen molar-refractivity contribution < 1.29 is 19.4 Å². The van der Waals surface area contributed by atoms with Crippen molar-refractivity contribution >= 4 is 11.9 Å². The number of ether oxygens (including phenoxy) is 1. The number of carbonyl (C=O) groups excluding carboxylic acids is 1. The van der Waals surface area contributed by atoms with E-state index in [2.05, 4.69) is 62.5 Å². The molecule has 0 aromatic heterocycles. The van der Waals surface area contributed by atoms with Crippen molar-refractivity contribution in [2.45, 2.75) is 245 Å². The average molecular weight is 727 g/mol. The Kier molecular flexibility index (Phi) is 41.6. The highest BCUT2D eigenvalue weighted by Crippen LogP contribution is 2.18. The van der Waals surface area contributed by atoms with Crippen molar-refractivity contribution in [1.82, 2.24) is 0 Å². The maximum Gasteiger partial charge on any atom is 0.306 e. The first-order chi connectivity index (χ1) is 25.6. The lowest BCUT2D eigenvalue weighted by atomic mass is 10.0. The highest BCUT2D eigenvalue weighted by molar-refractivity contribution is 5.69. The molecule has 0 aliphatic carbocycles. The van der Waals surface area contributed by atoms with Crippen LogP contribution < -0.4 is 0 Å². The van der Waals surface area contributed by atoms with E-state index in [0.717, 1.165) is 89.9 Å². The van der Waals surface area contributed by atoms with Gasteiger partial charge in [0.05, 0.1) is 0 Å². The van der Waals surface area contributed by atoms with Gasteiger partial charge in [-0.15, -0.1) is 0 Å². The normalized spacial score (nSPS) is 12.7. The Morgan fingerprint density at radius 2 is 0.808 bits per heavy atom. The van der Waals surface area contributed by atoms with Gasteiger partial charge in [-0.2, -0.15) is 0 Å². The van der Waals surface area contributed by atoms with Gasteiger partial charge in [0.25, 0.3) is 0 Å². The number of carboxylic acid groups (broad SMARTS) is 1. The highest BCUT2D eigenvalue weighted by Gasteiger charge is 2.14. The van der Waals surface area contributed by atoms with E-state index < -0.39 is 5.97 Å². The quantitative estimate of drug-likeness (QED) is 0.0387.